The fraction of sp³-hybridized carbons (Fsp3) is 0.300. The molecule has 0 N–H and O–H groups in total. The summed E-state index contributed by atoms with van der Waals surface area (Å²) in [6, 6.07) is 4.19. The van der Waals surface area contributed by atoms with Crippen molar-refractivity contribution in [2.45, 2.75) is 18.8 Å². The molecular formula is C10H8ClFO. The number of carbonyl (C=O) groups excluding carboxylic acids is 1. The van der Waals surface area contributed by atoms with E-state index >= 15 is 0 Å². The molecule has 2 rings (SSSR count). The van der Waals surface area contributed by atoms with Crippen LogP contribution in [0.4, 0.5) is 4.39 Å². The van der Waals surface area contributed by atoms with Crippen molar-refractivity contribution in [2.24, 2.45) is 0 Å². The summed E-state index contributed by atoms with van der Waals surface area (Å²) >= 11 is 5.81. The molecular weight excluding hydrogens is 191 g/mol. The molecule has 68 valence electrons. The number of halogens is 2. The van der Waals surface area contributed by atoms with Crippen LogP contribution in [0.3, 0.4) is 0 Å². The van der Waals surface area contributed by atoms with E-state index in [0.717, 1.165) is 12.0 Å². The maximum Gasteiger partial charge on any atom is 0.140 e. The maximum atomic E-state index is 12.7. The van der Waals surface area contributed by atoms with Crippen molar-refractivity contribution in [3.8, 4) is 0 Å². The van der Waals surface area contributed by atoms with Gasteiger partial charge >= 0.3 is 0 Å². The van der Waals surface area contributed by atoms with Crippen LogP contribution in [0.25, 0.3) is 0 Å². The van der Waals surface area contributed by atoms with Gasteiger partial charge in [-0.25, -0.2) is 4.39 Å². The summed E-state index contributed by atoms with van der Waals surface area (Å²) in [6.45, 7) is 0. The first-order valence-electron chi connectivity index (χ1n) is 4.16. The summed E-state index contributed by atoms with van der Waals surface area (Å²) in [5.41, 5.74) is 0.763. The Bertz CT molecular complexity index is 362. The zero-order chi connectivity index (χ0) is 9.42. The SMILES string of the molecule is O=C1CC[C@H]1c1ccc(F)cc1Cl. The molecule has 1 aliphatic carbocycles. The predicted octanol–water partition coefficient (Wildman–Crippen LogP) is 2.93. The monoisotopic (exact) mass is 198 g/mol. The quantitative estimate of drug-likeness (QED) is 0.678. The first-order chi connectivity index (χ1) is 6.18. The minimum absolute atomic E-state index is 0.0897. The largest absolute Gasteiger partial charge is 0.299 e. The number of rotatable bonds is 1. The summed E-state index contributed by atoms with van der Waals surface area (Å²) < 4.78 is 12.7. The molecule has 1 nitrogen and oxygen atoms in total. The van der Waals surface area contributed by atoms with E-state index in [1.165, 1.54) is 12.1 Å². The third kappa shape index (κ3) is 1.46. The molecule has 0 aromatic heterocycles. The van der Waals surface area contributed by atoms with E-state index in [9.17, 15) is 9.18 Å². The van der Waals surface area contributed by atoms with Crippen LogP contribution in [-0.4, -0.2) is 5.78 Å². The molecule has 1 fully saturated rings. The highest BCUT2D eigenvalue weighted by Crippen LogP contribution is 2.36. The number of hydrogen-bond donors (Lipinski definition) is 0. The van der Waals surface area contributed by atoms with Crippen LogP contribution in [0.2, 0.25) is 5.02 Å². The molecule has 0 spiro atoms. The van der Waals surface area contributed by atoms with Gasteiger partial charge < -0.3 is 0 Å². The van der Waals surface area contributed by atoms with Crippen LogP contribution in [0.1, 0.15) is 24.3 Å². The first kappa shape index (κ1) is 8.70. The van der Waals surface area contributed by atoms with Crippen LogP contribution in [0.5, 0.6) is 0 Å². The van der Waals surface area contributed by atoms with Gasteiger partial charge in [0, 0.05) is 17.4 Å². The smallest absolute Gasteiger partial charge is 0.140 e. The number of Topliss-reactive ketones (excluding diaryl/α,β-unsaturated/α-hetero) is 1. The van der Waals surface area contributed by atoms with E-state index in [-0.39, 0.29) is 17.5 Å². The minimum Gasteiger partial charge on any atom is -0.299 e. The average Bonchev–Trinajstić information content (AvgIpc) is 2.07. The normalized spacial score (nSPS) is 21.4. The second-order valence-corrected chi connectivity index (χ2v) is 3.63. The summed E-state index contributed by atoms with van der Waals surface area (Å²) in [7, 11) is 0. The van der Waals surface area contributed by atoms with E-state index in [2.05, 4.69) is 0 Å². The molecule has 0 aliphatic heterocycles. The molecule has 0 unspecified atom stereocenters. The second-order valence-electron chi connectivity index (χ2n) is 3.22. The van der Waals surface area contributed by atoms with Crippen molar-refractivity contribution in [1.82, 2.24) is 0 Å². The Hall–Kier alpha value is -0.890. The van der Waals surface area contributed by atoms with Crippen LogP contribution >= 0.6 is 11.6 Å². The first-order valence-corrected chi connectivity index (χ1v) is 4.54. The Labute approximate surface area is 80.5 Å². The lowest BCUT2D eigenvalue weighted by atomic mass is 9.79. The number of carbonyl (C=O) groups is 1. The van der Waals surface area contributed by atoms with Crippen molar-refractivity contribution in [3.63, 3.8) is 0 Å². The number of benzene rings is 1. The van der Waals surface area contributed by atoms with Gasteiger partial charge in [-0.1, -0.05) is 17.7 Å². The zero-order valence-electron chi connectivity index (χ0n) is 6.89. The molecule has 0 heterocycles. The van der Waals surface area contributed by atoms with Crippen LogP contribution in [0.15, 0.2) is 18.2 Å². The summed E-state index contributed by atoms with van der Waals surface area (Å²) in [4.78, 5) is 11.1. The Kier molecular flexibility index (Phi) is 2.08. The Morgan fingerprint density at radius 1 is 1.46 bits per heavy atom. The van der Waals surface area contributed by atoms with Gasteiger partial charge in [0.15, 0.2) is 0 Å². The molecule has 0 amide bonds. The van der Waals surface area contributed by atoms with E-state index in [1.54, 1.807) is 6.07 Å². The molecule has 1 atom stereocenters. The van der Waals surface area contributed by atoms with Gasteiger partial charge in [0.1, 0.15) is 11.6 Å². The Morgan fingerprint density at radius 2 is 2.23 bits per heavy atom. The maximum absolute atomic E-state index is 12.7. The standard InChI is InChI=1S/C10H8ClFO/c11-9-5-6(12)1-2-7(9)8-3-4-10(8)13/h1-2,5,8H,3-4H2/t8-/m0/s1. The van der Waals surface area contributed by atoms with Gasteiger partial charge in [0.05, 0.1) is 0 Å². The number of hydrogen-bond acceptors (Lipinski definition) is 1. The molecule has 1 aliphatic rings. The molecule has 1 saturated carbocycles. The lowest BCUT2D eigenvalue weighted by molar-refractivity contribution is -0.125. The van der Waals surface area contributed by atoms with Crippen LogP contribution in [-0.2, 0) is 4.79 Å². The van der Waals surface area contributed by atoms with Crippen molar-refractivity contribution >= 4 is 17.4 Å². The Balaban J connectivity index is 2.35. The molecule has 3 heteroatoms. The molecule has 1 aromatic rings. The second kappa shape index (κ2) is 3.11. The molecule has 0 radical (unpaired) electrons. The van der Waals surface area contributed by atoms with Crippen LogP contribution in [0, 0.1) is 5.82 Å². The van der Waals surface area contributed by atoms with Crippen molar-refractivity contribution < 1.29 is 9.18 Å². The zero-order valence-corrected chi connectivity index (χ0v) is 7.64. The van der Waals surface area contributed by atoms with E-state index in [4.69, 9.17) is 11.6 Å². The Morgan fingerprint density at radius 3 is 2.69 bits per heavy atom. The summed E-state index contributed by atoms with van der Waals surface area (Å²) in [6.07, 6.45) is 1.46. The van der Waals surface area contributed by atoms with E-state index < -0.39 is 0 Å². The highest BCUT2D eigenvalue weighted by atomic mass is 35.5. The van der Waals surface area contributed by atoms with Crippen LogP contribution < -0.4 is 0 Å². The molecule has 1 aromatic carbocycles. The van der Waals surface area contributed by atoms with Crippen molar-refractivity contribution in [1.29, 1.82) is 0 Å². The van der Waals surface area contributed by atoms with Crippen molar-refractivity contribution in [2.75, 3.05) is 0 Å². The van der Waals surface area contributed by atoms with Gasteiger partial charge in [-0.05, 0) is 24.1 Å². The summed E-state index contributed by atoms with van der Waals surface area (Å²) in [5.74, 6) is -0.248. The van der Waals surface area contributed by atoms with E-state index in [0.29, 0.717) is 11.4 Å². The molecule has 13 heavy (non-hydrogen) atoms. The van der Waals surface area contributed by atoms with E-state index in [1.807, 2.05) is 0 Å². The predicted molar refractivity (Wildman–Crippen MR) is 48.4 cm³/mol. The van der Waals surface area contributed by atoms with Gasteiger partial charge in [-0.3, -0.25) is 4.79 Å². The minimum atomic E-state index is -0.361. The fourth-order valence-corrected chi connectivity index (χ4v) is 1.82. The van der Waals surface area contributed by atoms with Crippen molar-refractivity contribution in [3.05, 3.63) is 34.6 Å². The fourth-order valence-electron chi connectivity index (χ4n) is 1.52. The lowest BCUT2D eigenvalue weighted by Gasteiger charge is -2.24. The van der Waals surface area contributed by atoms with Gasteiger partial charge in [0.25, 0.3) is 0 Å². The third-order valence-electron chi connectivity index (χ3n) is 2.41. The highest BCUT2D eigenvalue weighted by Gasteiger charge is 2.30. The highest BCUT2D eigenvalue weighted by molar-refractivity contribution is 6.31. The molecule has 0 bridgehead atoms. The average molecular weight is 199 g/mol. The van der Waals surface area contributed by atoms with Gasteiger partial charge in [0.2, 0.25) is 0 Å². The number of ketones is 1. The summed E-state index contributed by atoms with van der Waals surface area (Å²) in [5, 5.41) is 0.359. The lowest BCUT2D eigenvalue weighted by Crippen LogP contribution is -2.23. The van der Waals surface area contributed by atoms with Gasteiger partial charge in [-0.15, -0.1) is 0 Å². The molecule has 0 saturated heterocycles. The third-order valence-corrected chi connectivity index (χ3v) is 2.73. The topological polar surface area (TPSA) is 17.1 Å². The van der Waals surface area contributed by atoms with Gasteiger partial charge in [-0.2, -0.15) is 0 Å².